The highest BCUT2D eigenvalue weighted by atomic mass is 32.1. The number of thiophene rings is 1. The Morgan fingerprint density at radius 2 is 2.00 bits per heavy atom. The number of phenols is 1. The molecule has 0 fully saturated rings. The van der Waals surface area contributed by atoms with E-state index in [0.29, 0.717) is 27.0 Å². The minimum absolute atomic E-state index is 0.0186. The van der Waals surface area contributed by atoms with Crippen LogP contribution in [0.15, 0.2) is 29.6 Å². The van der Waals surface area contributed by atoms with Crippen molar-refractivity contribution in [2.45, 2.75) is 26.1 Å². The third kappa shape index (κ3) is 4.13. The van der Waals surface area contributed by atoms with Crippen LogP contribution in [0.5, 0.6) is 11.5 Å². The largest absolute Gasteiger partial charge is 0.507 e. The van der Waals surface area contributed by atoms with E-state index in [1.807, 2.05) is 0 Å². The second-order valence-corrected chi connectivity index (χ2v) is 6.79. The van der Waals surface area contributed by atoms with Gasteiger partial charge in [-0.3, -0.25) is 4.79 Å². The first-order chi connectivity index (χ1) is 12.6. The predicted molar refractivity (Wildman–Crippen MR) is 93.1 cm³/mol. The van der Waals surface area contributed by atoms with Crippen molar-refractivity contribution in [3.63, 3.8) is 0 Å². The van der Waals surface area contributed by atoms with E-state index in [9.17, 15) is 23.1 Å². The lowest BCUT2D eigenvalue weighted by molar-refractivity contribution is -0.141. The van der Waals surface area contributed by atoms with Gasteiger partial charge in [0.25, 0.3) is 0 Å². The second kappa shape index (κ2) is 7.07. The highest BCUT2D eigenvalue weighted by Gasteiger charge is 2.32. The summed E-state index contributed by atoms with van der Waals surface area (Å²) in [5.74, 6) is -0.787. The van der Waals surface area contributed by atoms with Gasteiger partial charge in [0.2, 0.25) is 0 Å². The second-order valence-electron chi connectivity index (χ2n) is 5.87. The standard InChI is InChI=1S/C18H14F3NO4S/c1-9-10(2-3-15(22-9)18(19,20)21)7-26-12-5-13(23)17-11(4-16(24)25)8-27-14(17)6-12/h2-3,5-6,8,23H,4,7H2,1H3,(H,24,25). The van der Waals surface area contributed by atoms with E-state index in [0.717, 1.165) is 6.07 Å². The molecule has 0 saturated carbocycles. The Bertz CT molecular complexity index is 1010. The van der Waals surface area contributed by atoms with Gasteiger partial charge in [-0.25, -0.2) is 4.98 Å². The molecule has 5 nitrogen and oxygen atoms in total. The molecule has 0 saturated heterocycles. The highest BCUT2D eigenvalue weighted by Crippen LogP contribution is 2.37. The van der Waals surface area contributed by atoms with Gasteiger partial charge >= 0.3 is 12.1 Å². The molecule has 142 valence electrons. The predicted octanol–water partition coefficient (Wildman–Crippen LogP) is 4.54. The molecule has 2 N–H and O–H groups in total. The van der Waals surface area contributed by atoms with Gasteiger partial charge in [-0.05, 0) is 30.0 Å². The number of phenolic OH excluding ortho intramolecular Hbond substituents is 1. The summed E-state index contributed by atoms with van der Waals surface area (Å²) in [5.41, 5.74) is 0.233. The molecule has 0 atom stereocenters. The molecule has 1 aromatic carbocycles. The highest BCUT2D eigenvalue weighted by molar-refractivity contribution is 7.17. The maximum Gasteiger partial charge on any atom is 0.433 e. The number of benzene rings is 1. The van der Waals surface area contributed by atoms with E-state index in [-0.39, 0.29) is 24.5 Å². The summed E-state index contributed by atoms with van der Waals surface area (Å²) >= 11 is 1.27. The summed E-state index contributed by atoms with van der Waals surface area (Å²) in [6, 6.07) is 5.20. The smallest absolute Gasteiger partial charge is 0.433 e. The zero-order valence-corrected chi connectivity index (χ0v) is 14.8. The van der Waals surface area contributed by atoms with Gasteiger partial charge < -0.3 is 14.9 Å². The number of hydrogen-bond acceptors (Lipinski definition) is 5. The van der Waals surface area contributed by atoms with Crippen molar-refractivity contribution >= 4 is 27.4 Å². The Balaban J connectivity index is 1.81. The van der Waals surface area contributed by atoms with E-state index < -0.39 is 17.8 Å². The number of nitrogens with zero attached hydrogens (tertiary/aromatic N) is 1. The van der Waals surface area contributed by atoms with Crippen molar-refractivity contribution in [2.24, 2.45) is 0 Å². The van der Waals surface area contributed by atoms with Crippen LogP contribution in [0, 0.1) is 6.92 Å². The summed E-state index contributed by atoms with van der Waals surface area (Å²) in [6.07, 6.45) is -4.71. The van der Waals surface area contributed by atoms with Crippen LogP contribution in [0.4, 0.5) is 13.2 Å². The average molecular weight is 397 g/mol. The summed E-state index contributed by atoms with van der Waals surface area (Å²) < 4.78 is 44.2. The van der Waals surface area contributed by atoms with Gasteiger partial charge in [-0.2, -0.15) is 13.2 Å². The van der Waals surface area contributed by atoms with Crippen LogP contribution >= 0.6 is 11.3 Å². The Labute approximate surface area is 155 Å². The fourth-order valence-corrected chi connectivity index (χ4v) is 3.63. The first-order valence-electron chi connectivity index (χ1n) is 7.76. The number of halogens is 3. The van der Waals surface area contributed by atoms with E-state index in [2.05, 4.69) is 4.98 Å². The van der Waals surface area contributed by atoms with Crippen molar-refractivity contribution in [2.75, 3.05) is 0 Å². The molecule has 3 rings (SSSR count). The number of carbonyl (C=O) groups is 1. The molecule has 0 bridgehead atoms. The average Bonchev–Trinajstić information content (AvgIpc) is 2.95. The molecule has 0 unspecified atom stereocenters. The fourth-order valence-electron chi connectivity index (χ4n) is 2.62. The van der Waals surface area contributed by atoms with Crippen LogP contribution in [0.1, 0.15) is 22.5 Å². The van der Waals surface area contributed by atoms with E-state index in [4.69, 9.17) is 9.84 Å². The van der Waals surface area contributed by atoms with Crippen LogP contribution in [0.2, 0.25) is 0 Å². The molecule has 0 aliphatic rings. The fraction of sp³-hybridized carbons (Fsp3) is 0.222. The first-order valence-corrected chi connectivity index (χ1v) is 8.64. The van der Waals surface area contributed by atoms with E-state index >= 15 is 0 Å². The Hall–Kier alpha value is -2.81. The topological polar surface area (TPSA) is 79.7 Å². The number of carboxylic acid groups (broad SMARTS) is 1. The van der Waals surface area contributed by atoms with Crippen molar-refractivity contribution in [3.8, 4) is 11.5 Å². The number of pyridine rings is 1. The molecule has 2 aromatic heterocycles. The summed E-state index contributed by atoms with van der Waals surface area (Å²) in [7, 11) is 0. The number of aromatic nitrogens is 1. The lowest BCUT2D eigenvalue weighted by Gasteiger charge is -2.12. The molecule has 2 heterocycles. The molecule has 9 heteroatoms. The minimum Gasteiger partial charge on any atom is -0.507 e. The van der Waals surface area contributed by atoms with Gasteiger partial charge in [0.1, 0.15) is 23.8 Å². The Kier molecular flexibility index (Phi) is 4.97. The molecular formula is C18H14F3NO4S. The number of fused-ring (bicyclic) bond motifs is 1. The van der Waals surface area contributed by atoms with Crippen LogP contribution in [-0.4, -0.2) is 21.2 Å². The van der Waals surface area contributed by atoms with Gasteiger partial charge in [0, 0.05) is 27.4 Å². The number of aliphatic carboxylic acids is 1. The number of alkyl halides is 3. The monoisotopic (exact) mass is 397 g/mol. The summed E-state index contributed by atoms with van der Waals surface area (Å²) in [5, 5.41) is 21.2. The molecular weight excluding hydrogens is 383 g/mol. The van der Waals surface area contributed by atoms with Crippen LogP contribution in [0.3, 0.4) is 0 Å². The molecule has 27 heavy (non-hydrogen) atoms. The number of ether oxygens (including phenoxy) is 1. The van der Waals surface area contributed by atoms with Gasteiger partial charge in [0.15, 0.2) is 0 Å². The van der Waals surface area contributed by atoms with Crippen molar-refractivity contribution in [1.82, 2.24) is 4.98 Å². The molecule has 0 amide bonds. The number of aryl methyl sites for hydroxylation is 1. The van der Waals surface area contributed by atoms with Crippen LogP contribution < -0.4 is 4.74 Å². The third-order valence-corrected chi connectivity index (χ3v) is 4.90. The molecule has 3 aromatic rings. The van der Waals surface area contributed by atoms with Crippen LogP contribution in [0.25, 0.3) is 10.1 Å². The van der Waals surface area contributed by atoms with Crippen molar-refractivity contribution in [1.29, 1.82) is 0 Å². The molecule has 0 radical (unpaired) electrons. The number of aromatic hydroxyl groups is 1. The van der Waals surface area contributed by atoms with Crippen molar-refractivity contribution in [3.05, 3.63) is 52.2 Å². The van der Waals surface area contributed by atoms with E-state index in [1.165, 1.54) is 30.4 Å². The maximum absolute atomic E-state index is 12.7. The normalized spacial score (nSPS) is 11.7. The molecule has 0 aliphatic heterocycles. The third-order valence-electron chi connectivity index (χ3n) is 3.93. The van der Waals surface area contributed by atoms with Gasteiger partial charge in [-0.15, -0.1) is 11.3 Å². The first kappa shape index (κ1) is 19.0. The number of carboxylic acids is 1. The minimum atomic E-state index is -4.51. The lowest BCUT2D eigenvalue weighted by Crippen LogP contribution is -2.10. The zero-order chi connectivity index (χ0) is 19.8. The molecule has 0 aliphatic carbocycles. The number of hydrogen-bond donors (Lipinski definition) is 2. The SMILES string of the molecule is Cc1nc(C(F)(F)F)ccc1COc1cc(O)c2c(CC(=O)O)csc2c1. The molecule has 0 spiro atoms. The summed E-state index contributed by atoms with van der Waals surface area (Å²) in [4.78, 5) is 14.4. The maximum atomic E-state index is 12.7. The lowest BCUT2D eigenvalue weighted by atomic mass is 10.1. The van der Waals surface area contributed by atoms with E-state index in [1.54, 1.807) is 11.4 Å². The Morgan fingerprint density at radius 3 is 2.63 bits per heavy atom. The Morgan fingerprint density at radius 1 is 1.26 bits per heavy atom. The number of rotatable bonds is 5. The van der Waals surface area contributed by atoms with Crippen molar-refractivity contribution < 1.29 is 32.9 Å². The zero-order valence-electron chi connectivity index (χ0n) is 14.0. The van der Waals surface area contributed by atoms with Gasteiger partial charge in [0.05, 0.1) is 6.42 Å². The van der Waals surface area contributed by atoms with Crippen LogP contribution in [-0.2, 0) is 24.0 Å². The quantitative estimate of drug-likeness (QED) is 0.661. The van der Waals surface area contributed by atoms with Gasteiger partial charge in [-0.1, -0.05) is 6.07 Å². The summed E-state index contributed by atoms with van der Waals surface area (Å²) in [6.45, 7) is 1.45.